The Morgan fingerprint density at radius 3 is 2.74 bits per heavy atom. The van der Waals surface area contributed by atoms with Crippen LogP contribution in [0.2, 0.25) is 0 Å². The first-order chi connectivity index (χ1) is 9.03. The highest BCUT2D eigenvalue weighted by atomic mass is 19.4. The number of hydrogen-bond acceptors (Lipinski definition) is 3. The predicted molar refractivity (Wildman–Crippen MR) is 64.3 cm³/mol. The van der Waals surface area contributed by atoms with E-state index in [4.69, 9.17) is 4.74 Å². The highest BCUT2D eigenvalue weighted by Gasteiger charge is 2.31. The highest BCUT2D eigenvalue weighted by Crippen LogP contribution is 2.26. The van der Waals surface area contributed by atoms with Gasteiger partial charge in [0.05, 0.1) is 6.61 Å². The first-order valence-corrected chi connectivity index (χ1v) is 6.25. The third-order valence-electron chi connectivity index (χ3n) is 2.94. The molecule has 1 fully saturated rings. The highest BCUT2D eigenvalue weighted by molar-refractivity contribution is 5.33. The number of hydrogen-bond donors (Lipinski definition) is 1. The average molecular weight is 275 g/mol. The molecule has 6 heteroatoms. The maximum absolute atomic E-state index is 12.1. The third-order valence-corrected chi connectivity index (χ3v) is 2.94. The van der Waals surface area contributed by atoms with Gasteiger partial charge in [0.1, 0.15) is 11.5 Å². The SMILES string of the molecule is FC(F)(F)Oc1cccc(OCCC2CCCN2)c1. The van der Waals surface area contributed by atoms with Crippen molar-refractivity contribution in [2.24, 2.45) is 0 Å². The normalized spacial score (nSPS) is 19.4. The molecule has 1 atom stereocenters. The minimum absolute atomic E-state index is 0.260. The maximum atomic E-state index is 12.1. The lowest BCUT2D eigenvalue weighted by Gasteiger charge is -2.13. The fraction of sp³-hybridized carbons (Fsp3) is 0.538. The number of benzene rings is 1. The Hall–Kier alpha value is -1.43. The summed E-state index contributed by atoms with van der Waals surface area (Å²) in [6, 6.07) is 6.04. The minimum atomic E-state index is -4.67. The summed E-state index contributed by atoms with van der Waals surface area (Å²) in [7, 11) is 0. The van der Waals surface area contributed by atoms with E-state index in [1.165, 1.54) is 24.6 Å². The van der Waals surface area contributed by atoms with E-state index in [1.54, 1.807) is 6.07 Å². The number of alkyl halides is 3. The topological polar surface area (TPSA) is 30.5 Å². The quantitative estimate of drug-likeness (QED) is 0.895. The minimum Gasteiger partial charge on any atom is -0.493 e. The lowest BCUT2D eigenvalue weighted by Crippen LogP contribution is -2.23. The molecular weight excluding hydrogens is 259 g/mol. The zero-order chi connectivity index (χ0) is 13.7. The van der Waals surface area contributed by atoms with Crippen LogP contribution >= 0.6 is 0 Å². The van der Waals surface area contributed by atoms with Crippen LogP contribution in [0.5, 0.6) is 11.5 Å². The third kappa shape index (κ3) is 4.98. The molecule has 0 radical (unpaired) electrons. The van der Waals surface area contributed by atoms with Gasteiger partial charge in [0.25, 0.3) is 0 Å². The Labute approximate surface area is 109 Å². The standard InChI is InChI=1S/C13H16F3NO2/c14-13(15,16)19-12-5-1-4-11(9-12)18-8-6-10-3-2-7-17-10/h1,4-5,9-10,17H,2-3,6-8H2. The van der Waals surface area contributed by atoms with Gasteiger partial charge in [-0.2, -0.15) is 0 Å². The van der Waals surface area contributed by atoms with Crippen molar-refractivity contribution in [2.75, 3.05) is 13.2 Å². The molecule has 1 aromatic rings. The molecule has 0 amide bonds. The van der Waals surface area contributed by atoms with E-state index in [1.807, 2.05) is 0 Å². The number of rotatable bonds is 5. The molecule has 1 unspecified atom stereocenters. The van der Waals surface area contributed by atoms with Gasteiger partial charge >= 0.3 is 6.36 Å². The van der Waals surface area contributed by atoms with E-state index in [0.29, 0.717) is 18.4 Å². The van der Waals surface area contributed by atoms with Crippen LogP contribution in [0.15, 0.2) is 24.3 Å². The lowest BCUT2D eigenvalue weighted by molar-refractivity contribution is -0.274. The van der Waals surface area contributed by atoms with Crippen LogP contribution in [0.25, 0.3) is 0 Å². The molecule has 1 aliphatic heterocycles. The van der Waals surface area contributed by atoms with Crippen LogP contribution in [0.3, 0.4) is 0 Å². The van der Waals surface area contributed by atoms with Crippen LogP contribution in [0, 0.1) is 0 Å². The molecular formula is C13H16F3NO2. The first kappa shape index (κ1) is 14.0. The van der Waals surface area contributed by atoms with Gasteiger partial charge in [0.2, 0.25) is 0 Å². The largest absolute Gasteiger partial charge is 0.573 e. The van der Waals surface area contributed by atoms with Crippen LogP contribution < -0.4 is 14.8 Å². The van der Waals surface area contributed by atoms with Gasteiger partial charge in [-0.1, -0.05) is 6.07 Å². The molecule has 1 heterocycles. The average Bonchev–Trinajstić information content (AvgIpc) is 2.80. The summed E-state index contributed by atoms with van der Waals surface area (Å²) in [4.78, 5) is 0. The van der Waals surface area contributed by atoms with Gasteiger partial charge in [0.15, 0.2) is 0 Å². The van der Waals surface area contributed by atoms with Crippen molar-refractivity contribution in [1.29, 1.82) is 0 Å². The summed E-state index contributed by atoms with van der Waals surface area (Å²) in [6.45, 7) is 1.51. The monoisotopic (exact) mass is 275 g/mol. The Bertz CT molecular complexity index is 403. The van der Waals surface area contributed by atoms with Crippen molar-refractivity contribution in [2.45, 2.75) is 31.7 Å². The fourth-order valence-corrected chi connectivity index (χ4v) is 2.08. The van der Waals surface area contributed by atoms with Gasteiger partial charge in [-0.3, -0.25) is 0 Å². The lowest BCUT2D eigenvalue weighted by atomic mass is 10.2. The summed E-state index contributed by atoms with van der Waals surface area (Å²) in [6.07, 6.45) is -1.53. The second-order valence-corrected chi connectivity index (χ2v) is 4.45. The van der Waals surface area contributed by atoms with Gasteiger partial charge in [0, 0.05) is 12.1 Å². The summed E-state index contributed by atoms with van der Waals surface area (Å²) < 4.78 is 45.4. The van der Waals surface area contributed by atoms with Gasteiger partial charge in [-0.15, -0.1) is 13.2 Å². The number of halogens is 3. The zero-order valence-electron chi connectivity index (χ0n) is 10.4. The number of ether oxygens (including phenoxy) is 2. The molecule has 3 nitrogen and oxygen atoms in total. The van der Waals surface area contributed by atoms with Crippen LogP contribution in [0.4, 0.5) is 13.2 Å². The fourth-order valence-electron chi connectivity index (χ4n) is 2.08. The molecule has 1 N–H and O–H groups in total. The molecule has 19 heavy (non-hydrogen) atoms. The molecule has 0 saturated carbocycles. The Kier molecular flexibility index (Phi) is 4.52. The summed E-state index contributed by atoms with van der Waals surface area (Å²) >= 11 is 0. The van der Waals surface area contributed by atoms with Gasteiger partial charge < -0.3 is 14.8 Å². The second kappa shape index (κ2) is 6.14. The second-order valence-electron chi connectivity index (χ2n) is 4.45. The summed E-state index contributed by atoms with van der Waals surface area (Å²) in [5, 5.41) is 3.33. The molecule has 1 aromatic carbocycles. The summed E-state index contributed by atoms with van der Waals surface area (Å²) in [5.41, 5.74) is 0. The molecule has 0 spiro atoms. The van der Waals surface area contributed by atoms with Crippen molar-refractivity contribution in [3.63, 3.8) is 0 Å². The van der Waals surface area contributed by atoms with Crippen molar-refractivity contribution in [1.82, 2.24) is 5.32 Å². The van der Waals surface area contributed by atoms with Crippen molar-refractivity contribution in [3.8, 4) is 11.5 Å². The van der Waals surface area contributed by atoms with Gasteiger partial charge in [-0.05, 0) is 37.9 Å². The number of nitrogens with one attached hydrogen (secondary N) is 1. The van der Waals surface area contributed by atoms with E-state index >= 15 is 0 Å². The van der Waals surface area contributed by atoms with E-state index in [-0.39, 0.29) is 5.75 Å². The first-order valence-electron chi connectivity index (χ1n) is 6.25. The van der Waals surface area contributed by atoms with E-state index in [2.05, 4.69) is 10.1 Å². The smallest absolute Gasteiger partial charge is 0.493 e. The van der Waals surface area contributed by atoms with E-state index < -0.39 is 6.36 Å². The van der Waals surface area contributed by atoms with Crippen molar-refractivity contribution >= 4 is 0 Å². The molecule has 0 aromatic heterocycles. The molecule has 0 aliphatic carbocycles. The maximum Gasteiger partial charge on any atom is 0.573 e. The molecule has 1 aliphatic rings. The van der Waals surface area contributed by atoms with Crippen LogP contribution in [-0.4, -0.2) is 25.6 Å². The zero-order valence-corrected chi connectivity index (χ0v) is 10.4. The molecule has 106 valence electrons. The molecule has 0 bridgehead atoms. The Balaban J connectivity index is 1.81. The Morgan fingerprint density at radius 2 is 2.05 bits per heavy atom. The Morgan fingerprint density at radius 1 is 1.26 bits per heavy atom. The van der Waals surface area contributed by atoms with Crippen molar-refractivity contribution < 1.29 is 22.6 Å². The molecule has 1 saturated heterocycles. The summed E-state index contributed by atoms with van der Waals surface area (Å²) in [5.74, 6) is 0.128. The van der Waals surface area contributed by atoms with Crippen LogP contribution in [0.1, 0.15) is 19.3 Å². The van der Waals surface area contributed by atoms with E-state index in [9.17, 15) is 13.2 Å². The van der Waals surface area contributed by atoms with Crippen LogP contribution in [-0.2, 0) is 0 Å². The predicted octanol–water partition coefficient (Wildman–Crippen LogP) is 3.11. The van der Waals surface area contributed by atoms with E-state index in [0.717, 1.165) is 19.4 Å². The molecule has 2 rings (SSSR count). The van der Waals surface area contributed by atoms with Crippen molar-refractivity contribution in [3.05, 3.63) is 24.3 Å². The van der Waals surface area contributed by atoms with Gasteiger partial charge in [-0.25, -0.2) is 0 Å².